The zero-order valence-corrected chi connectivity index (χ0v) is 16.4. The maximum absolute atomic E-state index is 12.8. The molecule has 1 saturated heterocycles. The molecule has 1 atom stereocenters. The summed E-state index contributed by atoms with van der Waals surface area (Å²) in [7, 11) is 3.92. The molecular formula is C22H25N3O3. The molecule has 1 fully saturated rings. The Hall–Kier alpha value is -2.99. The molecule has 0 aliphatic carbocycles. The largest absolute Gasteiger partial charge is 0.507 e. The van der Waals surface area contributed by atoms with Crippen LogP contribution in [-0.2, 0) is 9.59 Å². The number of likely N-dealkylation sites (tertiary alicyclic amines) is 1. The van der Waals surface area contributed by atoms with E-state index >= 15 is 0 Å². The average Bonchev–Trinajstić information content (AvgIpc) is 2.93. The normalized spacial score (nSPS) is 18.9. The number of aromatic nitrogens is 1. The molecule has 2 aromatic rings. The Morgan fingerprint density at radius 2 is 1.86 bits per heavy atom. The van der Waals surface area contributed by atoms with E-state index in [9.17, 15) is 14.7 Å². The number of nitrogens with zero attached hydrogens (tertiary/aromatic N) is 3. The monoisotopic (exact) mass is 379 g/mol. The number of carbonyl (C=O) groups is 2. The van der Waals surface area contributed by atoms with Crippen molar-refractivity contribution in [3.8, 4) is 0 Å². The van der Waals surface area contributed by atoms with E-state index in [1.807, 2.05) is 44.1 Å². The average molecular weight is 379 g/mol. The molecule has 2 heterocycles. The van der Waals surface area contributed by atoms with Gasteiger partial charge in [0.15, 0.2) is 0 Å². The summed E-state index contributed by atoms with van der Waals surface area (Å²) in [6.45, 7) is 3.14. The number of carbonyl (C=O) groups excluding carboxylic acids is 2. The molecule has 0 bridgehead atoms. The van der Waals surface area contributed by atoms with Gasteiger partial charge in [-0.3, -0.25) is 14.6 Å². The van der Waals surface area contributed by atoms with E-state index in [0.29, 0.717) is 24.2 Å². The molecule has 1 aliphatic heterocycles. The molecule has 28 heavy (non-hydrogen) atoms. The molecule has 1 amide bonds. The van der Waals surface area contributed by atoms with Gasteiger partial charge in [-0.05, 0) is 46.1 Å². The molecule has 6 heteroatoms. The molecule has 1 aliphatic rings. The van der Waals surface area contributed by atoms with Crippen LogP contribution in [0.25, 0.3) is 5.76 Å². The summed E-state index contributed by atoms with van der Waals surface area (Å²) in [5.41, 5.74) is 2.22. The molecule has 1 aromatic carbocycles. The highest BCUT2D eigenvalue weighted by Gasteiger charge is 2.46. The van der Waals surface area contributed by atoms with Crippen LogP contribution < -0.4 is 0 Å². The van der Waals surface area contributed by atoms with Gasteiger partial charge in [-0.25, -0.2) is 0 Å². The number of benzene rings is 1. The Labute approximate surface area is 165 Å². The van der Waals surface area contributed by atoms with Crippen LogP contribution in [0.4, 0.5) is 0 Å². The number of aryl methyl sites for hydroxylation is 1. The number of rotatable bonds is 6. The summed E-state index contributed by atoms with van der Waals surface area (Å²) in [4.78, 5) is 33.5. The minimum atomic E-state index is -0.690. The summed E-state index contributed by atoms with van der Waals surface area (Å²) in [5.74, 6) is -1.43. The molecule has 0 saturated carbocycles. The first kappa shape index (κ1) is 19.8. The third-order valence-electron chi connectivity index (χ3n) is 4.84. The van der Waals surface area contributed by atoms with Crippen LogP contribution in [-0.4, -0.2) is 58.8 Å². The maximum atomic E-state index is 12.8. The summed E-state index contributed by atoms with van der Waals surface area (Å²) >= 11 is 0. The summed E-state index contributed by atoms with van der Waals surface area (Å²) in [6, 6.07) is 11.9. The Kier molecular flexibility index (Phi) is 5.90. The number of pyridine rings is 1. The van der Waals surface area contributed by atoms with Crippen molar-refractivity contribution in [2.45, 2.75) is 19.4 Å². The molecule has 1 aromatic heterocycles. The van der Waals surface area contributed by atoms with E-state index < -0.39 is 17.7 Å². The second kappa shape index (κ2) is 8.35. The number of hydrogen-bond donors (Lipinski definition) is 1. The Morgan fingerprint density at radius 1 is 1.14 bits per heavy atom. The van der Waals surface area contributed by atoms with Crippen molar-refractivity contribution in [1.29, 1.82) is 0 Å². The van der Waals surface area contributed by atoms with E-state index in [2.05, 4.69) is 4.98 Å². The Morgan fingerprint density at radius 3 is 2.46 bits per heavy atom. The molecule has 146 valence electrons. The van der Waals surface area contributed by atoms with Crippen molar-refractivity contribution in [3.63, 3.8) is 0 Å². The van der Waals surface area contributed by atoms with Gasteiger partial charge in [-0.2, -0.15) is 0 Å². The van der Waals surface area contributed by atoms with Gasteiger partial charge in [0.2, 0.25) is 0 Å². The highest BCUT2D eigenvalue weighted by molar-refractivity contribution is 6.46. The molecular weight excluding hydrogens is 354 g/mol. The molecule has 0 unspecified atom stereocenters. The van der Waals surface area contributed by atoms with Crippen molar-refractivity contribution in [2.24, 2.45) is 0 Å². The SMILES string of the molecule is Cc1ccc(C(O)=C2C(=O)C(=O)N(CCCN(C)C)[C@@H]2c2ccccn2)cc1. The van der Waals surface area contributed by atoms with Crippen LogP contribution in [0.15, 0.2) is 54.2 Å². The zero-order valence-electron chi connectivity index (χ0n) is 16.4. The zero-order chi connectivity index (χ0) is 20.3. The van der Waals surface area contributed by atoms with Crippen molar-refractivity contribution < 1.29 is 14.7 Å². The van der Waals surface area contributed by atoms with Gasteiger partial charge >= 0.3 is 0 Å². The van der Waals surface area contributed by atoms with Gasteiger partial charge in [0.05, 0.1) is 11.3 Å². The van der Waals surface area contributed by atoms with Gasteiger partial charge in [0.1, 0.15) is 11.8 Å². The van der Waals surface area contributed by atoms with Gasteiger partial charge in [-0.1, -0.05) is 35.9 Å². The fourth-order valence-electron chi connectivity index (χ4n) is 3.38. The quantitative estimate of drug-likeness (QED) is 0.475. The third kappa shape index (κ3) is 3.97. The van der Waals surface area contributed by atoms with Crippen LogP contribution in [0.5, 0.6) is 0 Å². The first-order valence-corrected chi connectivity index (χ1v) is 9.31. The lowest BCUT2D eigenvalue weighted by atomic mass is 9.98. The van der Waals surface area contributed by atoms with Crippen LogP contribution in [0, 0.1) is 6.92 Å². The lowest BCUT2D eigenvalue weighted by Gasteiger charge is -2.25. The first-order valence-electron chi connectivity index (χ1n) is 9.31. The number of ketones is 1. The highest BCUT2D eigenvalue weighted by Crippen LogP contribution is 2.38. The van der Waals surface area contributed by atoms with Crippen LogP contribution in [0.1, 0.15) is 29.3 Å². The highest BCUT2D eigenvalue weighted by atomic mass is 16.3. The van der Waals surface area contributed by atoms with Crippen molar-refractivity contribution in [2.75, 3.05) is 27.2 Å². The summed E-state index contributed by atoms with van der Waals surface area (Å²) in [6.07, 6.45) is 2.34. The van der Waals surface area contributed by atoms with E-state index in [4.69, 9.17) is 0 Å². The number of hydrogen-bond acceptors (Lipinski definition) is 5. The van der Waals surface area contributed by atoms with Crippen molar-refractivity contribution in [3.05, 3.63) is 71.1 Å². The van der Waals surface area contributed by atoms with Crippen LogP contribution in [0.3, 0.4) is 0 Å². The topological polar surface area (TPSA) is 73.7 Å². The van der Waals surface area contributed by atoms with Gasteiger partial charge in [0, 0.05) is 18.3 Å². The molecule has 3 rings (SSSR count). The standard InChI is InChI=1S/C22H25N3O3/c1-15-8-10-16(11-9-15)20(26)18-19(17-7-4-5-12-23-17)25(22(28)21(18)27)14-6-13-24(2)3/h4-5,7-12,19,26H,6,13-14H2,1-3H3/t19-/m1/s1. The van der Waals surface area contributed by atoms with Crippen molar-refractivity contribution in [1.82, 2.24) is 14.8 Å². The summed E-state index contributed by atoms with van der Waals surface area (Å²) < 4.78 is 0. The number of amides is 1. The van der Waals surface area contributed by atoms with Crippen molar-refractivity contribution >= 4 is 17.4 Å². The van der Waals surface area contributed by atoms with E-state index in [1.165, 1.54) is 4.90 Å². The van der Waals surface area contributed by atoms with Crippen LogP contribution in [0.2, 0.25) is 0 Å². The second-order valence-corrected chi connectivity index (χ2v) is 7.27. The second-order valence-electron chi connectivity index (χ2n) is 7.27. The van der Waals surface area contributed by atoms with E-state index in [0.717, 1.165) is 12.1 Å². The molecule has 0 spiro atoms. The van der Waals surface area contributed by atoms with Gasteiger partial charge < -0.3 is 14.9 Å². The predicted molar refractivity (Wildman–Crippen MR) is 108 cm³/mol. The molecule has 6 nitrogen and oxygen atoms in total. The van der Waals surface area contributed by atoms with Crippen LogP contribution >= 0.6 is 0 Å². The fraction of sp³-hybridized carbons (Fsp3) is 0.318. The molecule has 1 N–H and O–H groups in total. The van der Waals surface area contributed by atoms with Gasteiger partial charge in [-0.15, -0.1) is 0 Å². The lowest BCUT2D eigenvalue weighted by molar-refractivity contribution is -0.140. The Bertz CT molecular complexity index is 889. The lowest BCUT2D eigenvalue weighted by Crippen LogP contribution is -2.32. The number of aliphatic hydroxyl groups excluding tert-OH is 1. The fourth-order valence-corrected chi connectivity index (χ4v) is 3.38. The minimum absolute atomic E-state index is 0.0948. The minimum Gasteiger partial charge on any atom is -0.507 e. The van der Waals surface area contributed by atoms with Gasteiger partial charge in [0.25, 0.3) is 11.7 Å². The molecule has 0 radical (unpaired) electrons. The van der Waals surface area contributed by atoms with E-state index in [-0.39, 0.29) is 11.3 Å². The Balaban J connectivity index is 2.06. The summed E-state index contributed by atoms with van der Waals surface area (Å²) in [5, 5.41) is 10.9. The smallest absolute Gasteiger partial charge is 0.295 e. The predicted octanol–water partition coefficient (Wildman–Crippen LogP) is 2.76. The maximum Gasteiger partial charge on any atom is 0.295 e. The number of aliphatic hydroxyl groups is 1. The third-order valence-corrected chi connectivity index (χ3v) is 4.84. The number of Topliss-reactive ketones (excluding diaryl/α,β-unsaturated/α-hetero) is 1. The van der Waals surface area contributed by atoms with E-state index in [1.54, 1.807) is 30.5 Å². The first-order chi connectivity index (χ1) is 13.4.